The zero-order valence-corrected chi connectivity index (χ0v) is 17.3. The minimum Gasteiger partial charge on any atom is -0.496 e. The molecule has 8 heteroatoms. The van der Waals surface area contributed by atoms with Crippen molar-refractivity contribution < 1.29 is 13.2 Å². The van der Waals surface area contributed by atoms with Gasteiger partial charge in [-0.25, -0.2) is 18.1 Å². The molecule has 0 fully saturated rings. The Morgan fingerprint density at radius 1 is 1.22 bits per heavy atom. The number of halogens is 1. The first kappa shape index (κ1) is 19.6. The summed E-state index contributed by atoms with van der Waals surface area (Å²) < 4.78 is 34.0. The van der Waals surface area contributed by atoms with Gasteiger partial charge in [-0.2, -0.15) is 0 Å². The van der Waals surface area contributed by atoms with Crippen LogP contribution in [0.15, 0.2) is 64.1 Å². The fourth-order valence-electron chi connectivity index (χ4n) is 2.68. The summed E-state index contributed by atoms with van der Waals surface area (Å²) in [6, 6.07) is 13.9. The van der Waals surface area contributed by atoms with E-state index in [0.29, 0.717) is 22.5 Å². The second kappa shape index (κ2) is 8.24. The van der Waals surface area contributed by atoms with Crippen molar-refractivity contribution in [2.24, 2.45) is 0 Å². The lowest BCUT2D eigenvalue weighted by atomic mass is 10.2. The van der Waals surface area contributed by atoms with Crippen LogP contribution >= 0.6 is 15.9 Å². The van der Waals surface area contributed by atoms with E-state index in [9.17, 15) is 8.42 Å². The highest BCUT2D eigenvalue weighted by Gasteiger charge is 2.23. The van der Waals surface area contributed by atoms with Crippen LogP contribution in [0.3, 0.4) is 0 Å². The van der Waals surface area contributed by atoms with E-state index >= 15 is 0 Å². The summed E-state index contributed by atoms with van der Waals surface area (Å²) in [6.07, 6.45) is 2.27. The predicted octanol–water partition coefficient (Wildman–Crippen LogP) is 4.28. The lowest BCUT2D eigenvalue weighted by Gasteiger charge is -2.15. The number of hydrogen-bond acceptors (Lipinski definition) is 4. The van der Waals surface area contributed by atoms with Gasteiger partial charge in [-0.3, -0.25) is 0 Å². The number of sulfonamides is 1. The molecular formula is C19H20BrN3O3S. The highest BCUT2D eigenvalue weighted by atomic mass is 79.9. The van der Waals surface area contributed by atoms with Gasteiger partial charge in [0.25, 0.3) is 0 Å². The number of benzene rings is 2. The lowest BCUT2D eigenvalue weighted by Crippen LogP contribution is -2.29. The topological polar surface area (TPSA) is 84.1 Å². The van der Waals surface area contributed by atoms with Crippen molar-refractivity contribution >= 4 is 26.0 Å². The Kier molecular flexibility index (Phi) is 5.98. The van der Waals surface area contributed by atoms with Crippen LogP contribution in [0, 0.1) is 0 Å². The Morgan fingerprint density at radius 3 is 2.59 bits per heavy atom. The third kappa shape index (κ3) is 4.40. The van der Waals surface area contributed by atoms with E-state index in [1.165, 1.54) is 19.2 Å². The zero-order chi connectivity index (χ0) is 19.4. The average Bonchev–Trinajstić information content (AvgIpc) is 3.17. The van der Waals surface area contributed by atoms with E-state index in [-0.39, 0.29) is 4.90 Å². The summed E-state index contributed by atoms with van der Waals surface area (Å²) >= 11 is 3.32. The molecule has 0 radical (unpaired) electrons. The third-order valence-electron chi connectivity index (χ3n) is 4.15. The molecule has 0 spiro atoms. The smallest absolute Gasteiger partial charge is 0.241 e. The van der Waals surface area contributed by atoms with Crippen molar-refractivity contribution in [2.45, 2.75) is 24.3 Å². The van der Waals surface area contributed by atoms with Crippen molar-refractivity contribution in [2.75, 3.05) is 7.11 Å². The maximum Gasteiger partial charge on any atom is 0.241 e. The highest BCUT2D eigenvalue weighted by Crippen LogP contribution is 2.28. The number of aromatic amines is 1. The molecule has 0 aliphatic carbocycles. The van der Waals surface area contributed by atoms with Gasteiger partial charge in [0.2, 0.25) is 10.0 Å². The van der Waals surface area contributed by atoms with E-state index < -0.39 is 16.1 Å². The van der Waals surface area contributed by atoms with E-state index in [2.05, 4.69) is 30.6 Å². The van der Waals surface area contributed by atoms with E-state index in [4.69, 9.17) is 4.74 Å². The van der Waals surface area contributed by atoms with Crippen molar-refractivity contribution in [3.63, 3.8) is 0 Å². The van der Waals surface area contributed by atoms with Crippen LogP contribution in [-0.4, -0.2) is 25.5 Å². The van der Waals surface area contributed by atoms with Gasteiger partial charge in [-0.1, -0.05) is 37.3 Å². The molecule has 2 N–H and O–H groups in total. The molecule has 1 atom stereocenters. The Labute approximate surface area is 167 Å². The number of methoxy groups -OCH3 is 1. The van der Waals surface area contributed by atoms with Gasteiger partial charge in [0.15, 0.2) is 0 Å². The van der Waals surface area contributed by atoms with Crippen LogP contribution in [0.25, 0.3) is 11.3 Å². The SMILES string of the molecule is CCC(NS(=O)(=O)c1ccc(OC)c(Br)c1)c1ncc(-c2ccccc2)[nH]1. The van der Waals surface area contributed by atoms with Crippen molar-refractivity contribution in [1.82, 2.24) is 14.7 Å². The molecule has 6 nitrogen and oxygen atoms in total. The van der Waals surface area contributed by atoms with E-state index in [0.717, 1.165) is 11.3 Å². The Bertz CT molecular complexity index is 1020. The van der Waals surface area contributed by atoms with Gasteiger partial charge in [0.1, 0.15) is 11.6 Å². The highest BCUT2D eigenvalue weighted by molar-refractivity contribution is 9.10. The number of ether oxygens (including phenoxy) is 1. The summed E-state index contributed by atoms with van der Waals surface area (Å²) in [5.41, 5.74) is 1.84. The number of nitrogens with zero attached hydrogens (tertiary/aromatic N) is 1. The second-order valence-electron chi connectivity index (χ2n) is 5.93. The summed E-state index contributed by atoms with van der Waals surface area (Å²) in [4.78, 5) is 7.75. The molecule has 0 aliphatic rings. The quantitative estimate of drug-likeness (QED) is 0.563. The van der Waals surface area contributed by atoms with Crippen molar-refractivity contribution in [3.05, 3.63) is 65.0 Å². The molecule has 0 aliphatic heterocycles. The van der Waals surface area contributed by atoms with Gasteiger partial charge >= 0.3 is 0 Å². The molecule has 1 unspecified atom stereocenters. The van der Waals surface area contributed by atoms with Crippen LogP contribution in [0.4, 0.5) is 0 Å². The molecule has 142 valence electrons. The minimum atomic E-state index is -3.72. The normalized spacial score (nSPS) is 12.7. The predicted molar refractivity (Wildman–Crippen MR) is 108 cm³/mol. The Hall–Kier alpha value is -2.16. The van der Waals surface area contributed by atoms with Gasteiger partial charge in [0.05, 0.1) is 34.4 Å². The number of hydrogen-bond donors (Lipinski definition) is 2. The first-order valence-electron chi connectivity index (χ1n) is 8.40. The summed E-state index contributed by atoms with van der Waals surface area (Å²) in [6.45, 7) is 1.90. The summed E-state index contributed by atoms with van der Waals surface area (Å²) in [5, 5.41) is 0. The molecule has 2 aromatic carbocycles. The first-order chi connectivity index (χ1) is 12.9. The number of imidazole rings is 1. The van der Waals surface area contributed by atoms with Crippen molar-refractivity contribution in [3.8, 4) is 17.0 Å². The Balaban J connectivity index is 1.84. The molecule has 1 heterocycles. The molecule has 0 saturated carbocycles. The largest absolute Gasteiger partial charge is 0.496 e. The maximum atomic E-state index is 12.8. The molecule has 0 bridgehead atoms. The Morgan fingerprint density at radius 2 is 1.96 bits per heavy atom. The van der Waals surface area contributed by atoms with Gasteiger partial charge < -0.3 is 9.72 Å². The monoisotopic (exact) mass is 449 g/mol. The number of nitrogens with one attached hydrogen (secondary N) is 2. The molecule has 3 aromatic rings. The molecule has 27 heavy (non-hydrogen) atoms. The molecule has 0 amide bonds. The van der Waals surface area contributed by atoms with Crippen molar-refractivity contribution in [1.29, 1.82) is 0 Å². The summed E-state index contributed by atoms with van der Waals surface area (Å²) in [5.74, 6) is 1.15. The van der Waals surface area contributed by atoms with Gasteiger partial charge in [-0.05, 0) is 46.1 Å². The van der Waals surface area contributed by atoms with Crippen LogP contribution in [0.1, 0.15) is 25.2 Å². The molecule has 1 aromatic heterocycles. The van der Waals surface area contributed by atoms with Crippen LogP contribution in [-0.2, 0) is 10.0 Å². The maximum absolute atomic E-state index is 12.8. The first-order valence-corrected chi connectivity index (χ1v) is 10.7. The summed E-state index contributed by atoms with van der Waals surface area (Å²) in [7, 11) is -2.19. The minimum absolute atomic E-state index is 0.156. The van der Waals surface area contributed by atoms with E-state index in [1.807, 2.05) is 37.3 Å². The average molecular weight is 450 g/mol. The van der Waals surface area contributed by atoms with E-state index in [1.54, 1.807) is 12.3 Å². The zero-order valence-electron chi connectivity index (χ0n) is 14.9. The number of rotatable bonds is 7. The third-order valence-corrected chi connectivity index (χ3v) is 6.24. The van der Waals surface area contributed by atoms with Crippen LogP contribution in [0.5, 0.6) is 5.75 Å². The fraction of sp³-hybridized carbons (Fsp3) is 0.211. The number of aromatic nitrogens is 2. The molecule has 0 saturated heterocycles. The number of H-pyrrole nitrogens is 1. The van der Waals surface area contributed by atoms with Crippen LogP contribution in [0.2, 0.25) is 0 Å². The standard InChI is InChI=1S/C19H20BrN3O3S/c1-3-16(19-21-12-17(22-19)13-7-5-4-6-8-13)23-27(24,25)14-9-10-18(26-2)15(20)11-14/h4-12,16,23H,3H2,1-2H3,(H,21,22). The van der Waals surface area contributed by atoms with Gasteiger partial charge in [-0.15, -0.1) is 0 Å². The molecule has 3 rings (SSSR count). The van der Waals surface area contributed by atoms with Gasteiger partial charge in [0, 0.05) is 0 Å². The second-order valence-corrected chi connectivity index (χ2v) is 8.49. The molecular weight excluding hydrogens is 430 g/mol. The van der Waals surface area contributed by atoms with Crippen LogP contribution < -0.4 is 9.46 Å². The fourth-order valence-corrected chi connectivity index (χ4v) is 4.68. The lowest BCUT2D eigenvalue weighted by molar-refractivity contribution is 0.411.